The van der Waals surface area contributed by atoms with Crippen molar-refractivity contribution in [1.29, 1.82) is 0 Å². The van der Waals surface area contributed by atoms with Crippen molar-refractivity contribution >= 4 is 17.0 Å². The van der Waals surface area contributed by atoms with Gasteiger partial charge in [0.05, 0.1) is 29.2 Å². The molecule has 0 aliphatic carbocycles. The first kappa shape index (κ1) is 24.1. The first-order valence-electron chi connectivity index (χ1n) is 8.11. The Hall–Kier alpha value is -2.90. The lowest BCUT2D eigenvalue weighted by atomic mass is 10.2. The summed E-state index contributed by atoms with van der Waals surface area (Å²) >= 11 is 0. The van der Waals surface area contributed by atoms with Crippen LogP contribution in [0, 0.1) is 6.92 Å². The van der Waals surface area contributed by atoms with E-state index in [0.717, 1.165) is 23.4 Å². The third-order valence-corrected chi connectivity index (χ3v) is 5.04. The number of hydrogen-bond acceptors (Lipinski definition) is 5. The number of carbonyl (C=O) groups excluding carboxylic acids is 2. The third-order valence-electron chi connectivity index (χ3n) is 3.59. The molecule has 0 aromatic heterocycles. The van der Waals surface area contributed by atoms with Gasteiger partial charge in [0.2, 0.25) is 0 Å². The van der Waals surface area contributed by atoms with Crippen molar-refractivity contribution in [2.45, 2.75) is 18.0 Å². The Morgan fingerprint density at radius 2 is 1.72 bits per heavy atom. The van der Waals surface area contributed by atoms with Gasteiger partial charge in [-0.3, -0.25) is 4.21 Å². The van der Waals surface area contributed by atoms with Crippen molar-refractivity contribution < 1.29 is 36.4 Å². The molecule has 0 radical (unpaired) electrons. The molecule has 2 aromatic rings. The quantitative estimate of drug-likeness (QED) is 0.619. The van der Waals surface area contributed by atoms with Gasteiger partial charge < -0.3 is 9.47 Å². The number of ether oxygens (including phenoxy) is 2. The van der Waals surface area contributed by atoms with Gasteiger partial charge in [-0.2, -0.15) is 22.8 Å². The maximum Gasteiger partial charge on any atom is 0.416 e. The summed E-state index contributed by atoms with van der Waals surface area (Å²) in [7, 11) is 0.278. The van der Waals surface area contributed by atoms with E-state index in [9.17, 15) is 17.4 Å². The van der Waals surface area contributed by atoms with Gasteiger partial charge in [0, 0.05) is 4.90 Å². The van der Waals surface area contributed by atoms with Gasteiger partial charge in [-0.15, -0.1) is 0 Å². The molecular formula is C20H19F3O5S. The number of halogens is 3. The van der Waals surface area contributed by atoms with Crippen LogP contribution in [0.5, 0.6) is 11.5 Å². The van der Waals surface area contributed by atoms with Crippen molar-refractivity contribution in [3.05, 3.63) is 65.7 Å². The van der Waals surface area contributed by atoms with Gasteiger partial charge in [0.25, 0.3) is 0 Å². The smallest absolute Gasteiger partial charge is 0.416 e. The highest BCUT2D eigenvalue weighted by molar-refractivity contribution is 7.85. The van der Waals surface area contributed by atoms with Crippen LogP contribution in [-0.4, -0.2) is 29.8 Å². The van der Waals surface area contributed by atoms with E-state index in [0.29, 0.717) is 16.2 Å². The number of methoxy groups -OCH3 is 1. The van der Waals surface area contributed by atoms with E-state index < -0.39 is 22.5 Å². The Bertz CT molecular complexity index is 886. The lowest BCUT2D eigenvalue weighted by Gasteiger charge is -2.11. The first-order valence-corrected chi connectivity index (χ1v) is 9.43. The zero-order chi connectivity index (χ0) is 22.0. The second-order valence-corrected chi connectivity index (χ2v) is 7.22. The summed E-state index contributed by atoms with van der Waals surface area (Å²) in [5.74, 6) is 1.22. The van der Waals surface area contributed by atoms with E-state index in [1.807, 2.05) is 6.92 Å². The van der Waals surface area contributed by atoms with Gasteiger partial charge in [-0.1, -0.05) is 6.58 Å². The summed E-state index contributed by atoms with van der Waals surface area (Å²) in [6.45, 7) is 5.76. The maximum atomic E-state index is 12.5. The van der Waals surface area contributed by atoms with Crippen LogP contribution in [0.4, 0.5) is 13.2 Å². The molecule has 2 aromatic carbocycles. The van der Waals surface area contributed by atoms with Gasteiger partial charge >= 0.3 is 12.3 Å². The normalized spacial score (nSPS) is 11.5. The molecule has 29 heavy (non-hydrogen) atoms. The van der Waals surface area contributed by atoms with Crippen molar-refractivity contribution in [1.82, 2.24) is 0 Å². The summed E-state index contributed by atoms with van der Waals surface area (Å²) < 4.78 is 60.5. The predicted molar refractivity (Wildman–Crippen MR) is 100 cm³/mol. The molecule has 5 nitrogen and oxygen atoms in total. The molecule has 0 N–H and O–H groups in total. The molecule has 1 unspecified atom stereocenters. The zero-order valence-electron chi connectivity index (χ0n) is 15.7. The molecule has 0 fully saturated rings. The van der Waals surface area contributed by atoms with Crippen molar-refractivity contribution in [2.75, 3.05) is 19.5 Å². The highest BCUT2D eigenvalue weighted by Gasteiger charge is 2.30. The molecule has 0 bridgehead atoms. The molecule has 2 rings (SSSR count). The van der Waals surface area contributed by atoms with Gasteiger partial charge in [0.1, 0.15) is 18.1 Å². The zero-order valence-corrected chi connectivity index (χ0v) is 16.6. The van der Waals surface area contributed by atoms with Crippen LogP contribution in [0.3, 0.4) is 0 Å². The molecule has 0 aliphatic rings. The molecule has 1 atom stereocenters. The lowest BCUT2D eigenvalue weighted by Crippen LogP contribution is -2.09. The Kier molecular flexibility index (Phi) is 9.31. The average Bonchev–Trinajstić information content (AvgIpc) is 2.66. The van der Waals surface area contributed by atoms with E-state index in [4.69, 9.17) is 19.1 Å². The fourth-order valence-corrected chi connectivity index (χ4v) is 3.38. The van der Waals surface area contributed by atoms with E-state index in [1.54, 1.807) is 25.3 Å². The van der Waals surface area contributed by atoms with Gasteiger partial charge in [-0.25, -0.2) is 0 Å². The Balaban J connectivity index is 0.00000132. The first-order chi connectivity index (χ1) is 13.6. The molecule has 0 heterocycles. The van der Waals surface area contributed by atoms with Crippen molar-refractivity contribution in [3.63, 3.8) is 0 Å². The maximum absolute atomic E-state index is 12.5. The van der Waals surface area contributed by atoms with E-state index in [-0.39, 0.29) is 18.5 Å². The Morgan fingerprint density at radius 1 is 1.14 bits per heavy atom. The Morgan fingerprint density at radius 3 is 2.21 bits per heavy atom. The van der Waals surface area contributed by atoms with E-state index >= 15 is 0 Å². The number of alkyl halides is 3. The molecular weight excluding hydrogens is 409 g/mol. The summed E-state index contributed by atoms with van der Waals surface area (Å²) in [6, 6.07) is 9.68. The largest absolute Gasteiger partial charge is 0.496 e. The van der Waals surface area contributed by atoms with E-state index in [1.165, 1.54) is 12.1 Å². The second kappa shape index (κ2) is 11.2. The van der Waals surface area contributed by atoms with Crippen LogP contribution in [-0.2, 0) is 26.6 Å². The molecule has 0 amide bonds. The number of benzene rings is 2. The fourth-order valence-electron chi connectivity index (χ4n) is 2.23. The summed E-state index contributed by atoms with van der Waals surface area (Å²) in [5.41, 5.74) is 0.723. The van der Waals surface area contributed by atoms with Crippen LogP contribution in [0.15, 0.2) is 59.5 Å². The minimum atomic E-state index is -4.38. The average molecular weight is 428 g/mol. The molecule has 0 saturated heterocycles. The van der Waals surface area contributed by atoms with Crippen molar-refractivity contribution in [2.24, 2.45) is 0 Å². The highest BCUT2D eigenvalue weighted by atomic mass is 32.2. The summed E-state index contributed by atoms with van der Waals surface area (Å²) in [4.78, 5) is 16.9. The summed E-state index contributed by atoms with van der Waals surface area (Å²) in [5, 5.41) is 0. The van der Waals surface area contributed by atoms with Crippen molar-refractivity contribution in [3.8, 4) is 11.5 Å². The van der Waals surface area contributed by atoms with Crippen LogP contribution in [0.25, 0.3) is 0 Å². The standard InChI is InChI=1S/C19H19F3O3S.CO2/c1-13(11-25-16-6-4-15(5-7-16)19(20,21)22)12-26(23)17-8-9-18(24-3)14(2)10-17;2-1-3/h4-10H,1,11-12H2,2-3H3;. The third kappa shape index (κ3) is 7.93. The fraction of sp³-hybridized carbons (Fsp3) is 0.250. The summed E-state index contributed by atoms with van der Waals surface area (Å²) in [6.07, 6.45) is -4.13. The van der Waals surface area contributed by atoms with Crippen LogP contribution < -0.4 is 9.47 Å². The van der Waals surface area contributed by atoms with Gasteiger partial charge in [0.15, 0.2) is 0 Å². The molecule has 0 saturated carbocycles. The number of aryl methyl sites for hydroxylation is 1. The second-order valence-electron chi connectivity index (χ2n) is 5.77. The minimum absolute atomic E-state index is 0.0756. The van der Waals surface area contributed by atoms with Crippen LogP contribution >= 0.6 is 0 Å². The lowest BCUT2D eigenvalue weighted by molar-refractivity contribution is -0.191. The highest BCUT2D eigenvalue weighted by Crippen LogP contribution is 2.30. The van der Waals surface area contributed by atoms with E-state index in [2.05, 4.69) is 6.58 Å². The monoisotopic (exact) mass is 428 g/mol. The van der Waals surface area contributed by atoms with Crippen LogP contribution in [0.2, 0.25) is 0 Å². The predicted octanol–water partition coefficient (Wildman–Crippen LogP) is 4.18. The molecule has 0 spiro atoms. The molecule has 156 valence electrons. The SMILES string of the molecule is C=C(COc1ccc(C(F)(F)F)cc1)CS(=O)c1ccc(OC)c(C)c1.O=C=O. The minimum Gasteiger partial charge on any atom is -0.496 e. The Labute approximate surface area is 168 Å². The topological polar surface area (TPSA) is 69.7 Å². The molecule has 0 aliphatic heterocycles. The number of hydrogen-bond donors (Lipinski definition) is 0. The van der Waals surface area contributed by atoms with Gasteiger partial charge in [-0.05, 0) is 60.5 Å². The van der Waals surface area contributed by atoms with Crippen LogP contribution in [0.1, 0.15) is 11.1 Å². The number of rotatable bonds is 7. The molecule has 9 heteroatoms.